The minimum absolute atomic E-state index is 0.0140. The third-order valence-corrected chi connectivity index (χ3v) is 6.07. The molecule has 3 rings (SSSR count). The van der Waals surface area contributed by atoms with Gasteiger partial charge in [0.25, 0.3) is 0 Å². The number of carbonyl (C=O) groups is 1. The first-order chi connectivity index (χ1) is 14.5. The molecule has 0 unspecified atom stereocenters. The summed E-state index contributed by atoms with van der Waals surface area (Å²) in [5.74, 6) is 0.0140. The molecular formula is C25H29N3OS. The van der Waals surface area contributed by atoms with E-state index in [0.717, 1.165) is 40.3 Å². The van der Waals surface area contributed by atoms with Crippen LogP contribution in [-0.2, 0) is 11.2 Å². The van der Waals surface area contributed by atoms with Crippen molar-refractivity contribution in [2.75, 3.05) is 13.6 Å². The number of hydrogen-bond donors (Lipinski definition) is 1. The van der Waals surface area contributed by atoms with Crippen LogP contribution in [0.1, 0.15) is 48.5 Å². The molecule has 1 amide bonds. The summed E-state index contributed by atoms with van der Waals surface area (Å²) in [6, 6.07) is 8.45. The Balaban J connectivity index is 1.63. The molecule has 0 atom stereocenters. The number of aryl methyl sites for hydroxylation is 1. The summed E-state index contributed by atoms with van der Waals surface area (Å²) in [5, 5.41) is 5.87. The van der Waals surface area contributed by atoms with E-state index < -0.39 is 0 Å². The van der Waals surface area contributed by atoms with Crippen LogP contribution in [0.5, 0.6) is 0 Å². The predicted octanol–water partition coefficient (Wildman–Crippen LogP) is 5.41. The smallest absolute Gasteiger partial charge is 0.226 e. The van der Waals surface area contributed by atoms with Crippen molar-refractivity contribution in [2.24, 2.45) is 4.99 Å². The Hall–Kier alpha value is -2.79. The van der Waals surface area contributed by atoms with Crippen molar-refractivity contribution in [1.29, 1.82) is 0 Å². The molecule has 0 bridgehead atoms. The van der Waals surface area contributed by atoms with Gasteiger partial charge in [-0.2, -0.15) is 0 Å². The molecule has 0 radical (unpaired) electrons. The number of amides is 1. The molecule has 1 aromatic heterocycles. The molecular weight excluding hydrogens is 390 g/mol. The van der Waals surface area contributed by atoms with Gasteiger partial charge in [0, 0.05) is 30.8 Å². The second-order valence-electron chi connectivity index (χ2n) is 7.73. The number of hydrogen-bond acceptors (Lipinski definition) is 4. The highest BCUT2D eigenvalue weighted by atomic mass is 32.1. The lowest BCUT2D eigenvalue weighted by Crippen LogP contribution is -2.26. The Morgan fingerprint density at radius 2 is 2.00 bits per heavy atom. The number of nitrogens with zero attached hydrogens (tertiary/aromatic N) is 2. The summed E-state index contributed by atoms with van der Waals surface area (Å²) < 4.78 is 0. The first-order valence-electron chi connectivity index (χ1n) is 10.2. The molecule has 0 saturated carbocycles. The van der Waals surface area contributed by atoms with Crippen LogP contribution in [0, 0.1) is 6.92 Å². The standard InChI is InChI=1S/C25H29N3OS/c1-17-6-9-21(10-7-17)19(3)23(15-26-4)25-28-22(16-30-25)14-24(29)27-12-11-20-8-5-18(2)13-20/h5-10,15-16H,11-14H2,1-4H3,(H,27,29)/b23-19-,26-15?. The van der Waals surface area contributed by atoms with Crippen LogP contribution in [0.25, 0.3) is 11.1 Å². The largest absolute Gasteiger partial charge is 0.355 e. The number of thiazole rings is 1. The zero-order chi connectivity index (χ0) is 21.5. The number of aliphatic imine (C=N–C) groups is 1. The molecule has 1 aliphatic carbocycles. The monoisotopic (exact) mass is 419 g/mol. The number of allylic oxidation sites excluding steroid dienone is 5. The van der Waals surface area contributed by atoms with Gasteiger partial charge < -0.3 is 5.32 Å². The van der Waals surface area contributed by atoms with Crippen LogP contribution in [0.2, 0.25) is 0 Å². The number of carbonyl (C=O) groups excluding carboxylic acids is 1. The van der Waals surface area contributed by atoms with Gasteiger partial charge in [-0.1, -0.05) is 53.1 Å². The summed E-state index contributed by atoms with van der Waals surface area (Å²) in [6.07, 6.45) is 8.39. The molecule has 1 aromatic carbocycles. The fourth-order valence-electron chi connectivity index (χ4n) is 3.41. The Morgan fingerprint density at radius 3 is 2.67 bits per heavy atom. The minimum atomic E-state index is 0.0140. The highest BCUT2D eigenvalue weighted by Gasteiger charge is 2.13. The van der Waals surface area contributed by atoms with E-state index in [-0.39, 0.29) is 5.91 Å². The fourth-order valence-corrected chi connectivity index (χ4v) is 4.30. The maximum absolute atomic E-state index is 12.3. The number of nitrogens with one attached hydrogen (secondary N) is 1. The molecule has 156 valence electrons. The SMILES string of the molecule is CN=C/C(=C(\C)c1ccc(C)cc1)c1nc(CC(=O)NCCC2=CC=C(C)C2)cs1. The van der Waals surface area contributed by atoms with E-state index in [1.54, 1.807) is 18.4 Å². The molecule has 4 nitrogen and oxygen atoms in total. The molecule has 30 heavy (non-hydrogen) atoms. The van der Waals surface area contributed by atoms with Crippen LogP contribution in [0.4, 0.5) is 0 Å². The topological polar surface area (TPSA) is 54.4 Å². The minimum Gasteiger partial charge on any atom is -0.355 e. The maximum atomic E-state index is 12.3. The summed E-state index contributed by atoms with van der Waals surface area (Å²) in [4.78, 5) is 21.3. The fraction of sp³-hybridized carbons (Fsp3) is 0.320. The van der Waals surface area contributed by atoms with Gasteiger partial charge in [0.2, 0.25) is 5.91 Å². The quantitative estimate of drug-likeness (QED) is 0.582. The zero-order valence-electron chi connectivity index (χ0n) is 18.2. The highest BCUT2D eigenvalue weighted by molar-refractivity contribution is 7.11. The van der Waals surface area contributed by atoms with E-state index in [1.165, 1.54) is 16.7 Å². The average Bonchev–Trinajstić information content (AvgIpc) is 3.35. The van der Waals surface area contributed by atoms with Gasteiger partial charge in [-0.15, -0.1) is 11.3 Å². The van der Waals surface area contributed by atoms with Crippen LogP contribution in [-0.4, -0.2) is 30.7 Å². The average molecular weight is 420 g/mol. The summed E-state index contributed by atoms with van der Waals surface area (Å²) >= 11 is 1.55. The molecule has 5 heteroatoms. The lowest BCUT2D eigenvalue weighted by molar-refractivity contribution is -0.120. The summed E-state index contributed by atoms with van der Waals surface area (Å²) in [5.41, 5.74) is 8.06. The molecule has 1 heterocycles. The molecule has 1 N–H and O–H groups in total. The van der Waals surface area contributed by atoms with Gasteiger partial charge in [-0.3, -0.25) is 9.79 Å². The Bertz CT molecular complexity index is 1020. The first-order valence-corrected chi connectivity index (χ1v) is 11.1. The molecule has 1 aliphatic rings. The zero-order valence-corrected chi connectivity index (χ0v) is 19.0. The van der Waals surface area contributed by atoms with Gasteiger partial charge >= 0.3 is 0 Å². The van der Waals surface area contributed by atoms with Crippen molar-refractivity contribution >= 4 is 34.6 Å². The third-order valence-electron chi connectivity index (χ3n) is 5.15. The number of benzene rings is 1. The van der Waals surface area contributed by atoms with Gasteiger partial charge in [-0.25, -0.2) is 4.98 Å². The van der Waals surface area contributed by atoms with E-state index in [4.69, 9.17) is 4.98 Å². The lowest BCUT2D eigenvalue weighted by atomic mass is 10.0. The molecule has 0 aliphatic heterocycles. The van der Waals surface area contributed by atoms with Gasteiger partial charge in [-0.05, 0) is 44.7 Å². The Morgan fingerprint density at radius 1 is 1.23 bits per heavy atom. The van der Waals surface area contributed by atoms with Gasteiger partial charge in [0.15, 0.2) is 0 Å². The molecule has 0 saturated heterocycles. The molecule has 0 spiro atoms. The highest BCUT2D eigenvalue weighted by Crippen LogP contribution is 2.27. The Kier molecular flexibility index (Phi) is 7.52. The van der Waals surface area contributed by atoms with E-state index in [0.29, 0.717) is 13.0 Å². The second-order valence-corrected chi connectivity index (χ2v) is 8.59. The van der Waals surface area contributed by atoms with E-state index >= 15 is 0 Å². The first kappa shape index (κ1) is 21.9. The lowest BCUT2D eigenvalue weighted by Gasteiger charge is -2.07. The van der Waals surface area contributed by atoms with Crippen molar-refractivity contribution in [1.82, 2.24) is 10.3 Å². The molecule has 0 fully saturated rings. The maximum Gasteiger partial charge on any atom is 0.226 e. The van der Waals surface area contributed by atoms with E-state index in [9.17, 15) is 4.79 Å². The third kappa shape index (κ3) is 5.86. The van der Waals surface area contributed by atoms with Crippen molar-refractivity contribution in [2.45, 2.75) is 40.0 Å². The van der Waals surface area contributed by atoms with Crippen molar-refractivity contribution in [3.8, 4) is 0 Å². The molecule has 2 aromatic rings. The number of aromatic nitrogens is 1. The van der Waals surface area contributed by atoms with Gasteiger partial charge in [0.05, 0.1) is 12.1 Å². The second kappa shape index (κ2) is 10.3. The van der Waals surface area contributed by atoms with Crippen LogP contribution < -0.4 is 5.32 Å². The predicted molar refractivity (Wildman–Crippen MR) is 128 cm³/mol. The normalized spacial score (nSPS) is 14.5. The van der Waals surface area contributed by atoms with Crippen LogP contribution >= 0.6 is 11.3 Å². The Labute approximate surface area is 183 Å². The van der Waals surface area contributed by atoms with Crippen molar-refractivity contribution < 1.29 is 4.79 Å². The van der Waals surface area contributed by atoms with Gasteiger partial charge in [0.1, 0.15) is 5.01 Å². The van der Waals surface area contributed by atoms with Crippen molar-refractivity contribution in [3.05, 3.63) is 74.8 Å². The van der Waals surface area contributed by atoms with E-state index in [2.05, 4.69) is 67.5 Å². The van der Waals surface area contributed by atoms with Crippen molar-refractivity contribution in [3.63, 3.8) is 0 Å². The number of rotatable bonds is 8. The van der Waals surface area contributed by atoms with Crippen LogP contribution in [0.3, 0.4) is 0 Å². The van der Waals surface area contributed by atoms with Crippen LogP contribution in [0.15, 0.2) is 57.9 Å². The summed E-state index contributed by atoms with van der Waals surface area (Å²) in [6.45, 7) is 6.97. The van der Waals surface area contributed by atoms with E-state index in [1.807, 2.05) is 11.6 Å². The summed E-state index contributed by atoms with van der Waals surface area (Å²) in [7, 11) is 1.77.